The maximum atomic E-state index is 12.1. The second kappa shape index (κ2) is 8.15. The summed E-state index contributed by atoms with van der Waals surface area (Å²) in [4.78, 5) is 0.213. The molecule has 3 nitrogen and oxygen atoms in total. The van der Waals surface area contributed by atoms with Crippen molar-refractivity contribution in [1.82, 2.24) is 4.72 Å². The summed E-state index contributed by atoms with van der Waals surface area (Å²) in [5.74, 6) is 0. The maximum absolute atomic E-state index is 12.1. The molecule has 2 rings (SSSR count). The fourth-order valence-electron chi connectivity index (χ4n) is 2.16. The first-order valence-corrected chi connectivity index (χ1v) is 9.70. The largest absolute Gasteiger partial charge is 0.240 e. The van der Waals surface area contributed by atoms with Crippen molar-refractivity contribution in [2.75, 3.05) is 6.54 Å². The highest BCUT2D eigenvalue weighted by atomic mass is 35.5. The molecule has 0 bridgehead atoms. The smallest absolute Gasteiger partial charge is 0.211 e. The van der Waals surface area contributed by atoms with Crippen LogP contribution in [0.3, 0.4) is 0 Å². The van der Waals surface area contributed by atoms with Crippen molar-refractivity contribution in [3.8, 4) is 0 Å². The number of sulfonamides is 1. The van der Waals surface area contributed by atoms with Crippen molar-refractivity contribution < 1.29 is 8.42 Å². The van der Waals surface area contributed by atoms with E-state index in [9.17, 15) is 8.42 Å². The van der Waals surface area contributed by atoms with E-state index < -0.39 is 10.0 Å². The first kappa shape index (κ1) is 18.3. The van der Waals surface area contributed by atoms with Gasteiger partial charge in [-0.15, -0.1) is 11.6 Å². The van der Waals surface area contributed by atoms with Crippen LogP contribution in [0.1, 0.15) is 29.8 Å². The minimum absolute atomic E-state index is 0.0208. The van der Waals surface area contributed by atoms with Gasteiger partial charge in [-0.05, 0) is 48.2 Å². The highest BCUT2D eigenvalue weighted by Gasteiger charge is 2.13. The fraction of sp³-hybridized carbons (Fsp3) is 0.294. The summed E-state index contributed by atoms with van der Waals surface area (Å²) < 4.78 is 26.9. The minimum Gasteiger partial charge on any atom is -0.211 e. The maximum Gasteiger partial charge on any atom is 0.240 e. The molecule has 1 unspecified atom stereocenters. The van der Waals surface area contributed by atoms with Crippen molar-refractivity contribution in [3.05, 3.63) is 64.7 Å². The number of hydrogen-bond acceptors (Lipinski definition) is 2. The Morgan fingerprint density at radius 2 is 1.65 bits per heavy atom. The van der Waals surface area contributed by atoms with Gasteiger partial charge in [-0.3, -0.25) is 0 Å². The zero-order chi connectivity index (χ0) is 16.9. The average Bonchev–Trinajstić information content (AvgIpc) is 2.55. The predicted molar refractivity (Wildman–Crippen MR) is 95.7 cm³/mol. The van der Waals surface area contributed by atoms with Crippen LogP contribution < -0.4 is 4.72 Å². The van der Waals surface area contributed by atoms with Crippen molar-refractivity contribution in [2.45, 2.75) is 30.0 Å². The van der Waals surface area contributed by atoms with E-state index in [0.29, 0.717) is 18.0 Å². The molecule has 1 atom stereocenters. The van der Waals surface area contributed by atoms with Crippen LogP contribution in [0, 0.1) is 0 Å². The first-order valence-electron chi connectivity index (χ1n) is 7.40. The zero-order valence-electron chi connectivity index (χ0n) is 12.8. The monoisotopic (exact) mass is 371 g/mol. The van der Waals surface area contributed by atoms with Gasteiger partial charge in [0.05, 0.1) is 10.3 Å². The SMILES string of the molecule is CCC(Cl)c1ccc(CCNS(=O)(=O)c2ccc(Cl)cc2)cc1. The highest BCUT2D eigenvalue weighted by molar-refractivity contribution is 7.89. The summed E-state index contributed by atoms with van der Waals surface area (Å²) in [6.07, 6.45) is 1.49. The summed E-state index contributed by atoms with van der Waals surface area (Å²) >= 11 is 12.0. The molecule has 0 saturated heterocycles. The molecular weight excluding hydrogens is 353 g/mol. The van der Waals surface area contributed by atoms with E-state index in [1.165, 1.54) is 12.1 Å². The Hall–Kier alpha value is -1.07. The number of hydrogen-bond donors (Lipinski definition) is 1. The Bertz CT molecular complexity index is 728. The van der Waals surface area contributed by atoms with Crippen LogP contribution in [-0.2, 0) is 16.4 Å². The molecule has 0 aliphatic carbocycles. The summed E-state index contributed by atoms with van der Waals surface area (Å²) in [5, 5.41) is 0.529. The molecular formula is C17H19Cl2NO2S. The Morgan fingerprint density at radius 1 is 1.04 bits per heavy atom. The van der Waals surface area contributed by atoms with E-state index >= 15 is 0 Å². The third-order valence-corrected chi connectivity index (χ3v) is 5.82. The van der Waals surface area contributed by atoms with Gasteiger partial charge in [-0.1, -0.05) is 42.8 Å². The molecule has 0 aliphatic heterocycles. The quantitative estimate of drug-likeness (QED) is 0.725. The molecule has 23 heavy (non-hydrogen) atoms. The molecule has 0 amide bonds. The fourth-order valence-corrected chi connectivity index (χ4v) is 3.46. The van der Waals surface area contributed by atoms with Crippen molar-refractivity contribution in [2.24, 2.45) is 0 Å². The van der Waals surface area contributed by atoms with Crippen LogP contribution in [0.15, 0.2) is 53.4 Å². The standard InChI is InChI=1S/C17H19Cl2NO2S/c1-2-17(19)14-5-3-13(4-6-14)11-12-20-23(21,22)16-9-7-15(18)8-10-16/h3-10,17,20H,2,11-12H2,1H3. The second-order valence-corrected chi connectivity index (χ2v) is 7.95. The Balaban J connectivity index is 1.92. The zero-order valence-corrected chi connectivity index (χ0v) is 15.1. The molecule has 6 heteroatoms. The lowest BCUT2D eigenvalue weighted by molar-refractivity contribution is 0.581. The Labute approximate surface area is 147 Å². The normalized spacial score (nSPS) is 13.0. The molecule has 0 aliphatic rings. The van der Waals surface area contributed by atoms with Gasteiger partial charge < -0.3 is 0 Å². The van der Waals surface area contributed by atoms with E-state index in [1.54, 1.807) is 12.1 Å². The van der Waals surface area contributed by atoms with Gasteiger partial charge in [-0.2, -0.15) is 0 Å². The first-order chi connectivity index (χ1) is 10.9. The van der Waals surface area contributed by atoms with Gasteiger partial charge in [0.2, 0.25) is 10.0 Å². The molecule has 0 aromatic heterocycles. The van der Waals surface area contributed by atoms with Gasteiger partial charge in [0, 0.05) is 11.6 Å². The molecule has 2 aromatic rings. The van der Waals surface area contributed by atoms with Gasteiger partial charge in [-0.25, -0.2) is 13.1 Å². The van der Waals surface area contributed by atoms with Crippen molar-refractivity contribution >= 4 is 33.2 Å². The molecule has 1 N–H and O–H groups in total. The van der Waals surface area contributed by atoms with Crippen LogP contribution in [0.2, 0.25) is 5.02 Å². The lowest BCUT2D eigenvalue weighted by Crippen LogP contribution is -2.25. The van der Waals surface area contributed by atoms with Crippen LogP contribution in [-0.4, -0.2) is 15.0 Å². The van der Waals surface area contributed by atoms with E-state index in [4.69, 9.17) is 23.2 Å². The summed E-state index contributed by atoms with van der Waals surface area (Å²) in [7, 11) is -3.50. The lowest BCUT2D eigenvalue weighted by atomic mass is 10.1. The van der Waals surface area contributed by atoms with E-state index in [-0.39, 0.29) is 10.3 Å². The van der Waals surface area contributed by atoms with Crippen molar-refractivity contribution in [1.29, 1.82) is 0 Å². The summed E-state index contributed by atoms with van der Waals surface area (Å²) in [5.41, 5.74) is 2.15. The highest BCUT2D eigenvalue weighted by Crippen LogP contribution is 2.23. The van der Waals surface area contributed by atoms with Crippen LogP contribution in [0.5, 0.6) is 0 Å². The Kier molecular flexibility index (Phi) is 6.48. The molecule has 0 saturated carbocycles. The second-order valence-electron chi connectivity index (χ2n) is 5.22. The minimum atomic E-state index is -3.50. The number of alkyl halides is 1. The van der Waals surface area contributed by atoms with Crippen LogP contribution >= 0.6 is 23.2 Å². The molecule has 2 aromatic carbocycles. The molecule has 0 heterocycles. The van der Waals surface area contributed by atoms with Crippen molar-refractivity contribution in [3.63, 3.8) is 0 Å². The molecule has 124 valence electrons. The number of benzene rings is 2. The molecule has 0 spiro atoms. The van der Waals surface area contributed by atoms with Gasteiger partial charge in [0.15, 0.2) is 0 Å². The van der Waals surface area contributed by atoms with E-state index in [2.05, 4.69) is 4.72 Å². The van der Waals surface area contributed by atoms with Gasteiger partial charge in [0.1, 0.15) is 0 Å². The third-order valence-electron chi connectivity index (χ3n) is 3.53. The van der Waals surface area contributed by atoms with E-state index in [0.717, 1.165) is 17.5 Å². The number of rotatable bonds is 7. The van der Waals surface area contributed by atoms with E-state index in [1.807, 2.05) is 31.2 Å². The average molecular weight is 372 g/mol. The summed E-state index contributed by atoms with van der Waals surface area (Å²) in [6.45, 7) is 2.37. The summed E-state index contributed by atoms with van der Waals surface area (Å²) in [6, 6.07) is 14.0. The molecule has 0 radical (unpaired) electrons. The van der Waals surface area contributed by atoms with Gasteiger partial charge in [0.25, 0.3) is 0 Å². The number of halogens is 2. The van der Waals surface area contributed by atoms with Crippen LogP contribution in [0.25, 0.3) is 0 Å². The van der Waals surface area contributed by atoms with Crippen LogP contribution in [0.4, 0.5) is 0 Å². The topological polar surface area (TPSA) is 46.2 Å². The Morgan fingerprint density at radius 3 is 2.22 bits per heavy atom. The third kappa shape index (κ3) is 5.21. The molecule has 0 fully saturated rings. The predicted octanol–water partition coefficient (Wildman–Crippen LogP) is 4.55. The lowest BCUT2D eigenvalue weighted by Gasteiger charge is -2.09. The van der Waals surface area contributed by atoms with Gasteiger partial charge >= 0.3 is 0 Å². The number of nitrogens with one attached hydrogen (secondary N) is 1.